The van der Waals surface area contributed by atoms with Crippen LogP contribution in [-0.4, -0.2) is 35.7 Å². The van der Waals surface area contributed by atoms with Gasteiger partial charge in [-0.2, -0.15) is 0 Å². The van der Waals surface area contributed by atoms with Gasteiger partial charge in [-0.1, -0.05) is 32.3 Å². The maximum atomic E-state index is 15.0. The van der Waals surface area contributed by atoms with Gasteiger partial charge in [-0.15, -0.1) is 11.3 Å². The number of rotatable bonds is 12. The number of carboxylic acid groups (broad SMARTS) is 1. The van der Waals surface area contributed by atoms with Crippen molar-refractivity contribution in [1.82, 2.24) is 4.98 Å². The maximum Gasteiger partial charge on any atom is 0.371 e. The molecule has 7 nitrogen and oxygen atoms in total. The Morgan fingerprint density at radius 3 is 2.51 bits per heavy atom. The molecule has 3 aromatic rings. The highest BCUT2D eigenvalue weighted by Crippen LogP contribution is 2.32. The summed E-state index contributed by atoms with van der Waals surface area (Å²) in [7, 11) is 1.05. The topological polar surface area (TPSA) is 97.8 Å². The Bertz CT molecular complexity index is 1290. The largest absolute Gasteiger partial charge is 0.490 e. The number of carboxylic acids is 1. The van der Waals surface area contributed by atoms with Crippen LogP contribution in [0.3, 0.4) is 0 Å². The number of thiazole rings is 1. The van der Waals surface area contributed by atoms with Gasteiger partial charge in [-0.25, -0.2) is 22.9 Å². The summed E-state index contributed by atoms with van der Waals surface area (Å²) in [6.45, 7) is 2.49. The van der Waals surface area contributed by atoms with Crippen molar-refractivity contribution in [2.24, 2.45) is 0 Å². The molecule has 2 N–H and O–H groups in total. The number of amides is 1. The number of unbranched alkanes of at least 4 members (excludes halogenated alkanes) is 3. The van der Waals surface area contributed by atoms with Crippen LogP contribution in [0.1, 0.15) is 48.5 Å². The highest BCUT2D eigenvalue weighted by atomic mass is 32.1. The summed E-state index contributed by atoms with van der Waals surface area (Å²) in [5.41, 5.74) is -0.589. The number of hydrogen-bond acceptors (Lipinski definition) is 6. The molecule has 0 saturated heterocycles. The molecule has 0 radical (unpaired) electrons. The predicted molar refractivity (Wildman–Crippen MR) is 134 cm³/mol. The smallest absolute Gasteiger partial charge is 0.371 e. The van der Waals surface area contributed by atoms with Gasteiger partial charge in [0.2, 0.25) is 5.76 Å². The molecule has 0 aliphatic rings. The van der Waals surface area contributed by atoms with E-state index in [9.17, 15) is 22.8 Å². The quantitative estimate of drug-likeness (QED) is 0.156. The van der Waals surface area contributed by atoms with Crippen molar-refractivity contribution in [3.05, 3.63) is 70.0 Å². The first-order valence-electron chi connectivity index (χ1n) is 11.4. The van der Waals surface area contributed by atoms with Gasteiger partial charge in [0.05, 0.1) is 19.4 Å². The normalized spacial score (nSPS) is 11.3. The zero-order valence-corrected chi connectivity index (χ0v) is 21.0. The average Bonchev–Trinajstić information content (AvgIpc) is 3.32. The SMILES string of the molecule is CCCCCCOc1cccc(-c2csc(NC(=O)c3cc(F)c(/C=C(/OC)C(=O)O)c(F)c3)n2)c1F. The molecule has 196 valence electrons. The Kier molecular flexibility index (Phi) is 9.67. The summed E-state index contributed by atoms with van der Waals surface area (Å²) in [4.78, 5) is 27.8. The van der Waals surface area contributed by atoms with Crippen molar-refractivity contribution in [3.8, 4) is 17.0 Å². The highest BCUT2D eigenvalue weighted by molar-refractivity contribution is 7.14. The van der Waals surface area contributed by atoms with Crippen LogP contribution in [0.15, 0.2) is 41.5 Å². The Balaban J connectivity index is 1.74. The molecular weight excluding hydrogens is 509 g/mol. The number of methoxy groups -OCH3 is 1. The first-order valence-corrected chi connectivity index (χ1v) is 12.3. The Morgan fingerprint density at radius 1 is 1.14 bits per heavy atom. The predicted octanol–water partition coefficient (Wildman–Crippen LogP) is 6.51. The molecule has 1 heterocycles. The third-order valence-electron chi connectivity index (χ3n) is 5.27. The zero-order valence-electron chi connectivity index (χ0n) is 20.1. The number of benzene rings is 2. The second-order valence-electron chi connectivity index (χ2n) is 7.89. The number of hydrogen-bond donors (Lipinski definition) is 2. The fourth-order valence-corrected chi connectivity index (χ4v) is 4.05. The summed E-state index contributed by atoms with van der Waals surface area (Å²) in [5, 5.41) is 13.0. The number of nitrogens with one attached hydrogen (secondary N) is 1. The van der Waals surface area contributed by atoms with Crippen LogP contribution in [0, 0.1) is 17.5 Å². The van der Waals surface area contributed by atoms with E-state index in [4.69, 9.17) is 9.84 Å². The number of halogens is 3. The molecule has 1 aromatic heterocycles. The molecule has 0 aliphatic heterocycles. The lowest BCUT2D eigenvalue weighted by Crippen LogP contribution is -2.13. The van der Waals surface area contributed by atoms with Gasteiger partial charge in [0, 0.05) is 28.1 Å². The summed E-state index contributed by atoms with van der Waals surface area (Å²) in [6.07, 6.45) is 4.66. The van der Waals surface area contributed by atoms with Crippen molar-refractivity contribution < 1.29 is 37.3 Å². The number of nitrogens with zero attached hydrogens (tertiary/aromatic N) is 1. The molecule has 1 amide bonds. The standard InChI is InChI=1S/C26H25F3N2O5S/c1-3-4-5-6-10-36-21-9-7-8-16(23(21)29)20-14-37-26(30-20)31-24(32)15-11-18(27)17(19(28)12-15)13-22(35-2)25(33)34/h7-9,11-14H,3-6,10H2,1-2H3,(H,33,34)(H,30,31,32)/b22-13+. The molecule has 0 bridgehead atoms. The molecule has 0 saturated carbocycles. The van der Waals surface area contributed by atoms with E-state index in [1.807, 2.05) is 0 Å². The van der Waals surface area contributed by atoms with E-state index < -0.39 is 40.7 Å². The number of ether oxygens (including phenoxy) is 2. The summed E-state index contributed by atoms with van der Waals surface area (Å²) >= 11 is 1.01. The summed E-state index contributed by atoms with van der Waals surface area (Å²) < 4.78 is 54.0. The van der Waals surface area contributed by atoms with E-state index in [2.05, 4.69) is 22.0 Å². The van der Waals surface area contributed by atoms with E-state index in [-0.39, 0.29) is 27.7 Å². The van der Waals surface area contributed by atoms with Gasteiger partial charge in [-0.3, -0.25) is 10.1 Å². The lowest BCUT2D eigenvalue weighted by molar-refractivity contribution is -0.135. The first-order chi connectivity index (χ1) is 17.7. The first kappa shape index (κ1) is 27.7. The molecular formula is C26H25F3N2O5S. The molecule has 11 heteroatoms. The van der Waals surface area contributed by atoms with Crippen molar-refractivity contribution in [2.75, 3.05) is 19.0 Å². The molecule has 0 spiro atoms. The summed E-state index contributed by atoms with van der Waals surface area (Å²) in [6, 6.07) is 6.21. The van der Waals surface area contributed by atoms with Crippen molar-refractivity contribution in [3.63, 3.8) is 0 Å². The molecule has 3 rings (SSSR count). The molecule has 2 aromatic carbocycles. The van der Waals surface area contributed by atoms with E-state index in [0.717, 1.165) is 56.3 Å². The molecule has 37 heavy (non-hydrogen) atoms. The fraction of sp³-hybridized carbons (Fsp3) is 0.269. The van der Waals surface area contributed by atoms with E-state index in [1.54, 1.807) is 6.07 Å². The number of carbonyl (C=O) groups excluding carboxylic acids is 1. The van der Waals surface area contributed by atoms with Crippen LogP contribution in [-0.2, 0) is 9.53 Å². The molecule has 0 fully saturated rings. The van der Waals surface area contributed by atoms with E-state index >= 15 is 0 Å². The van der Waals surface area contributed by atoms with Crippen LogP contribution in [0.2, 0.25) is 0 Å². The number of carbonyl (C=O) groups is 2. The van der Waals surface area contributed by atoms with Gasteiger partial charge in [-0.05, 0) is 30.7 Å². The van der Waals surface area contributed by atoms with E-state index in [1.165, 1.54) is 17.5 Å². The van der Waals surface area contributed by atoms with E-state index in [0.29, 0.717) is 12.7 Å². The van der Waals surface area contributed by atoms with Crippen LogP contribution >= 0.6 is 11.3 Å². The minimum absolute atomic E-state index is 0.0858. The van der Waals surface area contributed by atoms with Crippen LogP contribution < -0.4 is 10.1 Å². The number of anilines is 1. The second kappa shape index (κ2) is 12.9. The summed E-state index contributed by atoms with van der Waals surface area (Å²) in [5.74, 6) is -5.84. The maximum absolute atomic E-state index is 15.0. The molecule has 0 unspecified atom stereocenters. The zero-order chi connectivity index (χ0) is 26.9. The lowest BCUT2D eigenvalue weighted by atomic mass is 10.1. The van der Waals surface area contributed by atoms with Crippen LogP contribution in [0.25, 0.3) is 17.3 Å². The van der Waals surface area contributed by atoms with Gasteiger partial charge in [0.15, 0.2) is 16.7 Å². The Hall–Kier alpha value is -3.86. The third kappa shape index (κ3) is 7.10. The van der Waals surface area contributed by atoms with Crippen molar-refractivity contribution in [2.45, 2.75) is 32.6 Å². The Morgan fingerprint density at radius 2 is 1.86 bits per heavy atom. The van der Waals surface area contributed by atoms with Crippen LogP contribution in [0.4, 0.5) is 18.3 Å². The van der Waals surface area contributed by atoms with Crippen molar-refractivity contribution >= 4 is 34.4 Å². The van der Waals surface area contributed by atoms with Gasteiger partial charge < -0.3 is 14.6 Å². The van der Waals surface area contributed by atoms with Gasteiger partial charge in [0.25, 0.3) is 5.91 Å². The van der Waals surface area contributed by atoms with Crippen molar-refractivity contribution in [1.29, 1.82) is 0 Å². The van der Waals surface area contributed by atoms with Crippen LogP contribution in [0.5, 0.6) is 5.75 Å². The fourth-order valence-electron chi connectivity index (χ4n) is 3.35. The number of aromatic nitrogens is 1. The average molecular weight is 535 g/mol. The minimum Gasteiger partial charge on any atom is -0.490 e. The second-order valence-corrected chi connectivity index (χ2v) is 8.75. The lowest BCUT2D eigenvalue weighted by Gasteiger charge is -2.09. The highest BCUT2D eigenvalue weighted by Gasteiger charge is 2.19. The third-order valence-corrected chi connectivity index (χ3v) is 6.02. The monoisotopic (exact) mass is 534 g/mol. The molecule has 0 atom stereocenters. The van der Waals surface area contributed by atoms with Gasteiger partial charge in [0.1, 0.15) is 11.6 Å². The van der Waals surface area contributed by atoms with Gasteiger partial charge >= 0.3 is 5.97 Å². The molecule has 0 aliphatic carbocycles. The minimum atomic E-state index is -1.51. The number of aliphatic carboxylic acids is 1. The Labute approximate surface area is 215 Å².